The third kappa shape index (κ3) is 3.56. The summed E-state index contributed by atoms with van der Waals surface area (Å²) in [5, 5.41) is 9.02. The Balaban J connectivity index is 3.13. The van der Waals surface area contributed by atoms with E-state index >= 15 is 0 Å². The quantitative estimate of drug-likeness (QED) is 0.843. The molecule has 104 valence electrons. The van der Waals surface area contributed by atoms with Crippen LogP contribution in [0.25, 0.3) is 0 Å². The molecule has 1 unspecified atom stereocenters. The summed E-state index contributed by atoms with van der Waals surface area (Å²) < 4.78 is 5.70. The molecule has 0 spiro atoms. The number of benzene rings is 1. The summed E-state index contributed by atoms with van der Waals surface area (Å²) >= 11 is 3.34. The second kappa shape index (κ2) is 6.19. The monoisotopic (exact) mass is 328 g/mol. The number of carboxylic acids is 1. The average Bonchev–Trinajstić information content (AvgIpc) is 2.36. The van der Waals surface area contributed by atoms with Crippen LogP contribution < -0.4 is 0 Å². The van der Waals surface area contributed by atoms with Crippen molar-refractivity contribution >= 4 is 27.9 Å². The van der Waals surface area contributed by atoms with Gasteiger partial charge >= 0.3 is 11.9 Å². The van der Waals surface area contributed by atoms with Gasteiger partial charge in [0.05, 0.1) is 18.9 Å². The zero-order chi connectivity index (χ0) is 14.6. The summed E-state index contributed by atoms with van der Waals surface area (Å²) in [6.07, 6.45) is -0.267. The number of hydrogen-bond donors (Lipinski definition) is 1. The number of rotatable bonds is 5. The lowest BCUT2D eigenvalue weighted by atomic mass is 9.72. The van der Waals surface area contributed by atoms with Gasteiger partial charge in [-0.2, -0.15) is 0 Å². The van der Waals surface area contributed by atoms with E-state index in [2.05, 4.69) is 15.9 Å². The maximum Gasteiger partial charge on any atom is 0.312 e. The molecule has 0 saturated heterocycles. The minimum absolute atomic E-state index is 0.260. The maximum absolute atomic E-state index is 12.0. The first-order valence-corrected chi connectivity index (χ1v) is 6.66. The number of methoxy groups -OCH3 is 1. The molecule has 1 N–H and O–H groups in total. The van der Waals surface area contributed by atoms with Gasteiger partial charge in [-0.25, -0.2) is 0 Å². The molecule has 1 rings (SSSR count). The lowest BCUT2D eigenvalue weighted by molar-refractivity contribution is -0.158. The molecule has 0 radical (unpaired) electrons. The van der Waals surface area contributed by atoms with Crippen molar-refractivity contribution < 1.29 is 19.4 Å². The third-order valence-corrected chi connectivity index (χ3v) is 4.02. The van der Waals surface area contributed by atoms with Crippen LogP contribution in [0, 0.1) is 5.41 Å². The molecule has 0 aliphatic heterocycles. The molecule has 0 amide bonds. The molecule has 0 bridgehead atoms. The molecular formula is C14H17BrO4. The van der Waals surface area contributed by atoms with E-state index < -0.39 is 17.4 Å². The minimum Gasteiger partial charge on any atom is -0.481 e. The predicted octanol–water partition coefficient (Wildman–Crippen LogP) is 3.21. The molecule has 0 aromatic heterocycles. The van der Waals surface area contributed by atoms with Gasteiger partial charge in [0.2, 0.25) is 0 Å². The van der Waals surface area contributed by atoms with Gasteiger partial charge in [0.1, 0.15) is 0 Å². The van der Waals surface area contributed by atoms with E-state index in [4.69, 9.17) is 9.84 Å². The summed E-state index contributed by atoms with van der Waals surface area (Å²) in [4.78, 5) is 23.0. The van der Waals surface area contributed by atoms with Crippen molar-refractivity contribution in [2.24, 2.45) is 5.41 Å². The Labute approximate surface area is 120 Å². The summed E-state index contributed by atoms with van der Waals surface area (Å²) in [5.41, 5.74) is -0.189. The average molecular weight is 329 g/mol. The lowest BCUT2D eigenvalue weighted by Crippen LogP contribution is -2.36. The Hall–Kier alpha value is -1.36. The fraction of sp³-hybridized carbons (Fsp3) is 0.429. The number of carbonyl (C=O) groups excluding carboxylic acids is 1. The second-order valence-electron chi connectivity index (χ2n) is 4.75. The highest BCUT2D eigenvalue weighted by atomic mass is 79.9. The Kier molecular flexibility index (Phi) is 5.11. The van der Waals surface area contributed by atoms with Crippen LogP contribution in [-0.2, 0) is 14.3 Å². The second-order valence-corrected chi connectivity index (χ2v) is 5.67. The fourth-order valence-electron chi connectivity index (χ4n) is 2.07. The van der Waals surface area contributed by atoms with E-state index in [1.807, 2.05) is 31.2 Å². The Morgan fingerprint density at radius 3 is 2.32 bits per heavy atom. The largest absolute Gasteiger partial charge is 0.481 e. The number of carboxylic acid groups (broad SMARTS) is 1. The van der Waals surface area contributed by atoms with E-state index in [0.717, 1.165) is 10.0 Å². The number of aliphatic carboxylic acids is 1. The van der Waals surface area contributed by atoms with Crippen molar-refractivity contribution in [3.05, 3.63) is 34.3 Å². The highest BCUT2D eigenvalue weighted by Gasteiger charge is 2.42. The van der Waals surface area contributed by atoms with Gasteiger partial charge in [0, 0.05) is 4.47 Å². The SMILES string of the molecule is COC(=O)C(C)(CC(=O)O)[C@H](C)c1ccc(Br)cc1. The van der Waals surface area contributed by atoms with E-state index in [-0.39, 0.29) is 12.3 Å². The van der Waals surface area contributed by atoms with E-state index in [0.29, 0.717) is 0 Å². The highest BCUT2D eigenvalue weighted by Crippen LogP contribution is 2.40. The Morgan fingerprint density at radius 1 is 1.37 bits per heavy atom. The van der Waals surface area contributed by atoms with Gasteiger partial charge in [-0.3, -0.25) is 9.59 Å². The van der Waals surface area contributed by atoms with Crippen molar-refractivity contribution in [1.29, 1.82) is 0 Å². The maximum atomic E-state index is 12.0. The van der Waals surface area contributed by atoms with Crippen molar-refractivity contribution in [1.82, 2.24) is 0 Å². The molecule has 4 nitrogen and oxygen atoms in total. The molecule has 0 heterocycles. The van der Waals surface area contributed by atoms with Crippen LogP contribution in [0.4, 0.5) is 0 Å². The molecule has 0 aliphatic rings. The van der Waals surface area contributed by atoms with Gasteiger partial charge < -0.3 is 9.84 Å². The molecule has 2 atom stereocenters. The summed E-state index contributed by atoms with van der Waals surface area (Å²) in [7, 11) is 1.27. The molecular weight excluding hydrogens is 312 g/mol. The van der Waals surface area contributed by atoms with Crippen molar-refractivity contribution in [2.75, 3.05) is 7.11 Å². The molecule has 1 aromatic carbocycles. The Bertz CT molecular complexity index is 469. The van der Waals surface area contributed by atoms with Gasteiger partial charge in [-0.15, -0.1) is 0 Å². The molecule has 19 heavy (non-hydrogen) atoms. The van der Waals surface area contributed by atoms with Gasteiger partial charge in [-0.05, 0) is 30.5 Å². The number of esters is 1. The van der Waals surface area contributed by atoms with Crippen LogP contribution >= 0.6 is 15.9 Å². The topological polar surface area (TPSA) is 63.6 Å². The standard InChI is InChI=1S/C14H17BrO4/c1-9(10-4-6-11(15)7-5-10)14(2,8-12(16)17)13(18)19-3/h4-7,9H,8H2,1-3H3,(H,16,17)/t9-,14?/m1/s1. The summed E-state index contributed by atoms with van der Waals surface area (Å²) in [6, 6.07) is 7.48. The van der Waals surface area contributed by atoms with Gasteiger partial charge in [0.25, 0.3) is 0 Å². The smallest absolute Gasteiger partial charge is 0.312 e. The van der Waals surface area contributed by atoms with Gasteiger partial charge in [-0.1, -0.05) is 35.0 Å². The highest BCUT2D eigenvalue weighted by molar-refractivity contribution is 9.10. The number of carbonyl (C=O) groups is 2. The lowest BCUT2D eigenvalue weighted by Gasteiger charge is -2.31. The van der Waals surface area contributed by atoms with Crippen LogP contribution in [0.3, 0.4) is 0 Å². The van der Waals surface area contributed by atoms with Crippen molar-refractivity contribution in [3.8, 4) is 0 Å². The first kappa shape index (κ1) is 15.7. The zero-order valence-corrected chi connectivity index (χ0v) is 12.7. The van der Waals surface area contributed by atoms with E-state index in [9.17, 15) is 9.59 Å². The third-order valence-electron chi connectivity index (χ3n) is 3.50. The normalized spacial score (nSPS) is 15.4. The summed E-state index contributed by atoms with van der Waals surface area (Å²) in [5.74, 6) is -1.79. The molecule has 1 aromatic rings. The van der Waals surface area contributed by atoms with Crippen LogP contribution in [0.15, 0.2) is 28.7 Å². The van der Waals surface area contributed by atoms with Crippen molar-refractivity contribution in [2.45, 2.75) is 26.2 Å². The van der Waals surface area contributed by atoms with Crippen LogP contribution in [0.5, 0.6) is 0 Å². The summed E-state index contributed by atoms with van der Waals surface area (Å²) in [6.45, 7) is 3.46. The molecule has 0 saturated carbocycles. The first-order valence-electron chi connectivity index (χ1n) is 5.87. The minimum atomic E-state index is -1.09. The predicted molar refractivity (Wildman–Crippen MR) is 74.9 cm³/mol. The van der Waals surface area contributed by atoms with Crippen LogP contribution in [-0.4, -0.2) is 24.2 Å². The molecule has 0 fully saturated rings. The van der Waals surface area contributed by atoms with Crippen LogP contribution in [0.2, 0.25) is 0 Å². The van der Waals surface area contributed by atoms with Gasteiger partial charge in [0.15, 0.2) is 0 Å². The molecule has 5 heteroatoms. The number of ether oxygens (including phenoxy) is 1. The molecule has 0 aliphatic carbocycles. The first-order chi connectivity index (χ1) is 8.81. The van der Waals surface area contributed by atoms with E-state index in [1.54, 1.807) is 6.92 Å². The Morgan fingerprint density at radius 2 is 1.89 bits per heavy atom. The van der Waals surface area contributed by atoms with Crippen molar-refractivity contribution in [3.63, 3.8) is 0 Å². The number of halogens is 1. The number of hydrogen-bond acceptors (Lipinski definition) is 3. The van der Waals surface area contributed by atoms with Crippen LogP contribution in [0.1, 0.15) is 31.7 Å². The van der Waals surface area contributed by atoms with E-state index in [1.165, 1.54) is 7.11 Å². The fourth-order valence-corrected chi connectivity index (χ4v) is 2.33. The zero-order valence-electron chi connectivity index (χ0n) is 11.1.